The molecule has 1 amide bonds. The number of hydrogen-bond donors (Lipinski definition) is 1. The molecule has 2 unspecified atom stereocenters. The van der Waals surface area contributed by atoms with Crippen molar-refractivity contribution in [1.82, 2.24) is 5.32 Å². The standard InChI is InChI=1S/C15H25NO2/c17-14-12(5-1-4-10-16-14)11-13-6-9-15(18-13)7-2-3-8-15/h12-13H,1-11H2,(H,16,17). The van der Waals surface area contributed by atoms with Gasteiger partial charge in [0.2, 0.25) is 5.91 Å². The van der Waals surface area contributed by atoms with Gasteiger partial charge in [-0.25, -0.2) is 0 Å². The fraction of sp³-hybridized carbons (Fsp3) is 0.933. The van der Waals surface area contributed by atoms with E-state index < -0.39 is 0 Å². The molecule has 0 radical (unpaired) electrons. The second-order valence-corrected chi connectivity index (χ2v) is 6.39. The van der Waals surface area contributed by atoms with Crippen molar-refractivity contribution in [3.8, 4) is 0 Å². The lowest BCUT2D eigenvalue weighted by molar-refractivity contribution is -0.126. The van der Waals surface area contributed by atoms with Crippen molar-refractivity contribution in [2.24, 2.45) is 5.92 Å². The quantitative estimate of drug-likeness (QED) is 0.819. The summed E-state index contributed by atoms with van der Waals surface area (Å²) in [6, 6.07) is 0. The van der Waals surface area contributed by atoms with E-state index >= 15 is 0 Å². The van der Waals surface area contributed by atoms with Crippen LogP contribution in [0.2, 0.25) is 0 Å². The number of rotatable bonds is 2. The van der Waals surface area contributed by atoms with E-state index in [1.165, 1.54) is 44.9 Å². The summed E-state index contributed by atoms with van der Waals surface area (Å²) < 4.78 is 6.32. The highest BCUT2D eigenvalue weighted by atomic mass is 16.5. The fourth-order valence-corrected chi connectivity index (χ4v) is 3.99. The van der Waals surface area contributed by atoms with Gasteiger partial charge in [0.05, 0.1) is 11.7 Å². The van der Waals surface area contributed by atoms with E-state index in [0.717, 1.165) is 25.8 Å². The topological polar surface area (TPSA) is 38.3 Å². The molecule has 1 aliphatic carbocycles. The first kappa shape index (κ1) is 12.5. The number of nitrogens with one attached hydrogen (secondary N) is 1. The number of ether oxygens (including phenoxy) is 1. The van der Waals surface area contributed by atoms with Crippen molar-refractivity contribution in [2.75, 3.05) is 6.54 Å². The molecule has 2 atom stereocenters. The molecule has 0 aromatic heterocycles. The molecule has 0 aromatic carbocycles. The lowest BCUT2D eigenvalue weighted by Crippen LogP contribution is -2.32. The van der Waals surface area contributed by atoms with E-state index in [2.05, 4.69) is 5.32 Å². The summed E-state index contributed by atoms with van der Waals surface area (Å²) in [5, 5.41) is 3.04. The zero-order chi connectivity index (χ0) is 12.4. The first-order chi connectivity index (χ1) is 8.77. The first-order valence-electron chi connectivity index (χ1n) is 7.73. The largest absolute Gasteiger partial charge is 0.372 e. The van der Waals surface area contributed by atoms with Crippen molar-refractivity contribution in [3.63, 3.8) is 0 Å². The van der Waals surface area contributed by atoms with Gasteiger partial charge in [-0.05, 0) is 44.9 Å². The van der Waals surface area contributed by atoms with Crippen LogP contribution in [0.25, 0.3) is 0 Å². The van der Waals surface area contributed by atoms with Crippen LogP contribution in [0.3, 0.4) is 0 Å². The molecule has 3 fully saturated rings. The number of amides is 1. The Bertz CT molecular complexity index is 310. The minimum Gasteiger partial charge on any atom is -0.372 e. The molecule has 0 aromatic rings. The summed E-state index contributed by atoms with van der Waals surface area (Å²) in [5.41, 5.74) is 0.214. The molecule has 3 nitrogen and oxygen atoms in total. The molecule has 1 spiro atoms. The number of carbonyl (C=O) groups excluding carboxylic acids is 1. The summed E-state index contributed by atoms with van der Waals surface area (Å²) in [7, 11) is 0. The summed E-state index contributed by atoms with van der Waals surface area (Å²) in [6.07, 6.45) is 12.2. The Hall–Kier alpha value is -0.570. The van der Waals surface area contributed by atoms with Crippen LogP contribution in [0.5, 0.6) is 0 Å². The lowest BCUT2D eigenvalue weighted by atomic mass is 9.93. The maximum atomic E-state index is 11.9. The molecule has 102 valence electrons. The molecular weight excluding hydrogens is 226 g/mol. The van der Waals surface area contributed by atoms with Crippen LogP contribution in [-0.4, -0.2) is 24.2 Å². The molecule has 2 saturated heterocycles. The predicted octanol–water partition coefficient (Wildman–Crippen LogP) is 2.78. The molecular formula is C15H25NO2. The zero-order valence-corrected chi connectivity index (χ0v) is 11.2. The van der Waals surface area contributed by atoms with Crippen molar-refractivity contribution in [3.05, 3.63) is 0 Å². The summed E-state index contributed by atoms with van der Waals surface area (Å²) in [4.78, 5) is 11.9. The smallest absolute Gasteiger partial charge is 0.223 e. The first-order valence-corrected chi connectivity index (χ1v) is 7.73. The van der Waals surface area contributed by atoms with Gasteiger partial charge in [-0.1, -0.05) is 19.3 Å². The van der Waals surface area contributed by atoms with Crippen molar-refractivity contribution in [2.45, 2.75) is 75.9 Å². The summed E-state index contributed by atoms with van der Waals surface area (Å²) >= 11 is 0. The van der Waals surface area contributed by atoms with Gasteiger partial charge in [0.1, 0.15) is 0 Å². The van der Waals surface area contributed by atoms with Crippen molar-refractivity contribution in [1.29, 1.82) is 0 Å². The highest BCUT2D eigenvalue weighted by Crippen LogP contribution is 2.44. The van der Waals surface area contributed by atoms with Gasteiger partial charge in [-0.3, -0.25) is 4.79 Å². The Kier molecular flexibility index (Phi) is 3.60. The Morgan fingerprint density at radius 3 is 2.78 bits per heavy atom. The van der Waals surface area contributed by atoms with Crippen LogP contribution >= 0.6 is 0 Å². The third kappa shape index (κ3) is 2.56. The second-order valence-electron chi connectivity index (χ2n) is 6.39. The van der Waals surface area contributed by atoms with Gasteiger partial charge in [-0.15, -0.1) is 0 Å². The lowest BCUT2D eigenvalue weighted by Gasteiger charge is -2.25. The minimum atomic E-state index is 0.203. The Morgan fingerprint density at radius 2 is 1.94 bits per heavy atom. The van der Waals surface area contributed by atoms with E-state index in [0.29, 0.717) is 6.10 Å². The van der Waals surface area contributed by atoms with Gasteiger partial charge in [0.15, 0.2) is 0 Å². The van der Waals surface area contributed by atoms with Crippen LogP contribution in [0.15, 0.2) is 0 Å². The van der Waals surface area contributed by atoms with Gasteiger partial charge < -0.3 is 10.1 Å². The number of carbonyl (C=O) groups is 1. The van der Waals surface area contributed by atoms with Crippen LogP contribution in [0.4, 0.5) is 0 Å². The summed E-state index contributed by atoms with van der Waals surface area (Å²) in [5.74, 6) is 0.470. The highest BCUT2D eigenvalue weighted by Gasteiger charge is 2.43. The number of hydrogen-bond acceptors (Lipinski definition) is 2. The SMILES string of the molecule is O=C1NCCCCC1CC1CCC2(CCCC2)O1. The van der Waals surface area contributed by atoms with Crippen LogP contribution in [0, 0.1) is 5.92 Å². The van der Waals surface area contributed by atoms with E-state index in [9.17, 15) is 4.79 Å². The monoisotopic (exact) mass is 251 g/mol. The minimum absolute atomic E-state index is 0.203. The Morgan fingerprint density at radius 1 is 1.11 bits per heavy atom. The predicted molar refractivity (Wildman–Crippen MR) is 70.3 cm³/mol. The third-order valence-corrected chi connectivity index (χ3v) is 5.05. The highest BCUT2D eigenvalue weighted by molar-refractivity contribution is 5.78. The Balaban J connectivity index is 1.55. The van der Waals surface area contributed by atoms with Crippen molar-refractivity contribution >= 4 is 5.91 Å². The average molecular weight is 251 g/mol. The van der Waals surface area contributed by atoms with Crippen LogP contribution in [-0.2, 0) is 9.53 Å². The third-order valence-electron chi connectivity index (χ3n) is 5.05. The maximum Gasteiger partial charge on any atom is 0.223 e. The van der Waals surface area contributed by atoms with E-state index in [1.807, 2.05) is 0 Å². The van der Waals surface area contributed by atoms with E-state index in [-0.39, 0.29) is 17.4 Å². The molecule has 1 saturated carbocycles. The average Bonchev–Trinajstić information content (AvgIpc) is 2.93. The van der Waals surface area contributed by atoms with Crippen molar-refractivity contribution < 1.29 is 9.53 Å². The fourth-order valence-electron chi connectivity index (χ4n) is 3.99. The second kappa shape index (κ2) is 5.20. The molecule has 3 rings (SSSR count). The van der Waals surface area contributed by atoms with Gasteiger partial charge >= 0.3 is 0 Å². The molecule has 1 N–H and O–H groups in total. The molecule has 0 bridgehead atoms. The van der Waals surface area contributed by atoms with Gasteiger partial charge in [-0.2, -0.15) is 0 Å². The molecule has 2 heterocycles. The maximum absolute atomic E-state index is 11.9. The molecule has 3 aliphatic rings. The molecule has 3 heteroatoms. The zero-order valence-electron chi connectivity index (χ0n) is 11.2. The van der Waals surface area contributed by atoms with E-state index in [1.54, 1.807) is 0 Å². The molecule has 18 heavy (non-hydrogen) atoms. The van der Waals surface area contributed by atoms with Crippen LogP contribution in [0.1, 0.15) is 64.2 Å². The summed E-state index contributed by atoms with van der Waals surface area (Å²) in [6.45, 7) is 0.866. The Labute approximate surface area is 110 Å². The van der Waals surface area contributed by atoms with Gasteiger partial charge in [0, 0.05) is 12.5 Å². The normalized spacial score (nSPS) is 35.7. The van der Waals surface area contributed by atoms with Crippen LogP contribution < -0.4 is 5.32 Å². The van der Waals surface area contributed by atoms with E-state index in [4.69, 9.17) is 4.74 Å². The molecule has 2 aliphatic heterocycles. The van der Waals surface area contributed by atoms with Gasteiger partial charge in [0.25, 0.3) is 0 Å².